The molecule has 0 N–H and O–H groups in total. The molecular formula is C26H22ClNO6S2. The summed E-state index contributed by atoms with van der Waals surface area (Å²) in [6.07, 6.45) is 1.57. The maximum absolute atomic E-state index is 12.9. The van der Waals surface area contributed by atoms with E-state index in [-0.39, 0.29) is 39.7 Å². The van der Waals surface area contributed by atoms with Crippen LogP contribution in [0.15, 0.2) is 76.5 Å². The van der Waals surface area contributed by atoms with Crippen molar-refractivity contribution in [3.8, 4) is 11.5 Å². The number of rotatable bonds is 8. The van der Waals surface area contributed by atoms with E-state index in [9.17, 15) is 18.0 Å². The van der Waals surface area contributed by atoms with Gasteiger partial charge in [-0.1, -0.05) is 47.5 Å². The molecule has 0 spiro atoms. The van der Waals surface area contributed by atoms with Gasteiger partial charge in [0.05, 0.1) is 18.1 Å². The first-order chi connectivity index (χ1) is 17.2. The van der Waals surface area contributed by atoms with Crippen LogP contribution < -0.4 is 8.92 Å². The molecule has 2 amide bonds. The highest BCUT2D eigenvalue weighted by Crippen LogP contribution is 2.36. The molecular weight excluding hydrogens is 522 g/mol. The smallest absolute Gasteiger partial charge is 0.339 e. The molecule has 1 heterocycles. The third kappa shape index (κ3) is 5.92. The van der Waals surface area contributed by atoms with Crippen LogP contribution in [0.1, 0.15) is 23.6 Å². The van der Waals surface area contributed by atoms with Gasteiger partial charge in [0, 0.05) is 5.02 Å². The lowest BCUT2D eigenvalue weighted by molar-refractivity contribution is -0.123. The Morgan fingerprint density at radius 1 is 1.00 bits per heavy atom. The van der Waals surface area contributed by atoms with Crippen molar-refractivity contribution in [2.75, 3.05) is 6.61 Å². The fraction of sp³-hybridized carbons (Fsp3) is 0.154. The van der Waals surface area contributed by atoms with Crippen molar-refractivity contribution in [1.82, 2.24) is 4.90 Å². The lowest BCUT2D eigenvalue weighted by Crippen LogP contribution is -2.27. The molecule has 1 aliphatic rings. The van der Waals surface area contributed by atoms with Gasteiger partial charge in [-0.05, 0) is 79.2 Å². The molecule has 1 aliphatic heterocycles. The number of amides is 2. The van der Waals surface area contributed by atoms with Gasteiger partial charge in [0.1, 0.15) is 4.90 Å². The number of hydrogen-bond donors (Lipinski definition) is 0. The van der Waals surface area contributed by atoms with E-state index in [1.165, 1.54) is 35.2 Å². The van der Waals surface area contributed by atoms with Crippen LogP contribution in [0.3, 0.4) is 0 Å². The number of ether oxygens (including phenoxy) is 1. The molecule has 1 saturated heterocycles. The molecule has 7 nitrogen and oxygen atoms in total. The second kappa shape index (κ2) is 10.8. The largest absolute Gasteiger partial charge is 0.490 e. The Morgan fingerprint density at radius 3 is 2.44 bits per heavy atom. The summed E-state index contributed by atoms with van der Waals surface area (Å²) in [7, 11) is -4.13. The molecule has 0 aromatic heterocycles. The van der Waals surface area contributed by atoms with E-state index in [0.29, 0.717) is 10.6 Å². The number of carbonyl (C=O) groups excluding carboxylic acids is 2. The molecule has 36 heavy (non-hydrogen) atoms. The minimum Gasteiger partial charge on any atom is -0.490 e. The van der Waals surface area contributed by atoms with E-state index >= 15 is 0 Å². The van der Waals surface area contributed by atoms with Gasteiger partial charge in [-0.15, -0.1) is 0 Å². The number of benzene rings is 3. The molecule has 10 heteroatoms. The topological polar surface area (TPSA) is 90.0 Å². The monoisotopic (exact) mass is 543 g/mol. The number of aryl methyl sites for hydroxylation is 1. The van der Waals surface area contributed by atoms with Crippen LogP contribution in [0.4, 0.5) is 4.79 Å². The van der Waals surface area contributed by atoms with E-state index < -0.39 is 16.0 Å². The Hall–Kier alpha value is -3.27. The predicted octanol–water partition coefficient (Wildman–Crippen LogP) is 6.05. The average molecular weight is 544 g/mol. The lowest BCUT2D eigenvalue weighted by Gasteiger charge is -2.13. The second-order valence-corrected chi connectivity index (χ2v) is 10.9. The van der Waals surface area contributed by atoms with Crippen molar-refractivity contribution < 1.29 is 26.9 Å². The molecule has 0 bridgehead atoms. The van der Waals surface area contributed by atoms with Gasteiger partial charge < -0.3 is 8.92 Å². The van der Waals surface area contributed by atoms with E-state index in [1.54, 1.807) is 25.1 Å². The van der Waals surface area contributed by atoms with Crippen molar-refractivity contribution in [2.24, 2.45) is 0 Å². The van der Waals surface area contributed by atoms with E-state index in [0.717, 1.165) is 22.9 Å². The van der Waals surface area contributed by atoms with Crippen molar-refractivity contribution in [2.45, 2.75) is 25.3 Å². The molecule has 4 rings (SSSR count). The first-order valence-corrected chi connectivity index (χ1v) is 13.5. The van der Waals surface area contributed by atoms with Crippen LogP contribution >= 0.6 is 23.4 Å². The second-order valence-electron chi connectivity index (χ2n) is 7.89. The minimum absolute atomic E-state index is 0.00324. The zero-order valence-corrected chi connectivity index (χ0v) is 21.8. The van der Waals surface area contributed by atoms with E-state index in [1.807, 2.05) is 31.2 Å². The maximum atomic E-state index is 12.9. The molecule has 1 fully saturated rings. The zero-order chi connectivity index (χ0) is 25.9. The van der Waals surface area contributed by atoms with Crippen molar-refractivity contribution in [3.05, 3.63) is 93.3 Å². The number of imide groups is 1. The van der Waals surface area contributed by atoms with Crippen LogP contribution in [0.25, 0.3) is 6.08 Å². The Morgan fingerprint density at radius 2 is 1.75 bits per heavy atom. The Labute approximate surface area is 218 Å². The third-order valence-corrected chi connectivity index (χ3v) is 7.57. The van der Waals surface area contributed by atoms with Crippen LogP contribution in [0.2, 0.25) is 5.02 Å². The first-order valence-electron chi connectivity index (χ1n) is 10.9. The van der Waals surface area contributed by atoms with Crippen molar-refractivity contribution in [1.29, 1.82) is 0 Å². The Kier molecular flexibility index (Phi) is 7.73. The fourth-order valence-corrected chi connectivity index (χ4v) is 5.40. The molecule has 3 aromatic rings. The van der Waals surface area contributed by atoms with Crippen LogP contribution in [-0.4, -0.2) is 31.1 Å². The number of thioether (sulfide) groups is 1. The summed E-state index contributed by atoms with van der Waals surface area (Å²) in [6.45, 7) is 4.14. The van der Waals surface area contributed by atoms with Crippen LogP contribution in [-0.2, 0) is 21.5 Å². The molecule has 0 radical (unpaired) electrons. The Bertz CT molecular complexity index is 1450. The fourth-order valence-electron chi connectivity index (χ4n) is 3.50. The number of carbonyl (C=O) groups is 2. The van der Waals surface area contributed by atoms with Crippen molar-refractivity contribution >= 4 is 50.7 Å². The summed E-state index contributed by atoms with van der Waals surface area (Å²) in [5.74, 6) is -0.214. The molecule has 0 atom stereocenters. The van der Waals surface area contributed by atoms with Gasteiger partial charge in [-0.3, -0.25) is 14.5 Å². The summed E-state index contributed by atoms with van der Waals surface area (Å²) in [5.41, 5.74) is 2.45. The maximum Gasteiger partial charge on any atom is 0.339 e. The SMILES string of the molecule is CCOc1cc(/C=C2\SC(=O)N(Cc3cccc(C)c3)C2=O)ccc1OS(=O)(=O)c1ccc(Cl)cc1. The Balaban J connectivity index is 1.57. The molecule has 3 aromatic carbocycles. The number of nitrogens with zero attached hydrogens (tertiary/aromatic N) is 1. The highest BCUT2D eigenvalue weighted by molar-refractivity contribution is 8.18. The molecule has 0 saturated carbocycles. The van der Waals surface area contributed by atoms with Gasteiger partial charge in [0.2, 0.25) is 0 Å². The molecule has 0 aliphatic carbocycles. The number of halogens is 1. The van der Waals surface area contributed by atoms with Gasteiger partial charge in [-0.25, -0.2) is 0 Å². The lowest BCUT2D eigenvalue weighted by atomic mass is 10.1. The average Bonchev–Trinajstić information content (AvgIpc) is 3.08. The first kappa shape index (κ1) is 25.8. The van der Waals surface area contributed by atoms with Gasteiger partial charge >= 0.3 is 10.1 Å². The zero-order valence-electron chi connectivity index (χ0n) is 19.4. The van der Waals surface area contributed by atoms with Gasteiger partial charge in [0.15, 0.2) is 11.5 Å². The third-order valence-electron chi connectivity index (χ3n) is 5.16. The van der Waals surface area contributed by atoms with Crippen molar-refractivity contribution in [3.63, 3.8) is 0 Å². The summed E-state index contributed by atoms with van der Waals surface area (Å²) in [4.78, 5) is 26.9. The van der Waals surface area contributed by atoms with Gasteiger partial charge in [0.25, 0.3) is 11.1 Å². The highest BCUT2D eigenvalue weighted by atomic mass is 35.5. The standard InChI is InChI=1S/C26H22ClNO6S2/c1-3-33-23-14-18(7-12-22(23)34-36(31,32)21-10-8-20(27)9-11-21)15-24-25(29)28(26(30)35-24)16-19-6-4-5-17(2)13-19/h4-15H,3,16H2,1-2H3/b24-15-. The summed E-state index contributed by atoms with van der Waals surface area (Å²) < 4.78 is 36.3. The van der Waals surface area contributed by atoms with Crippen LogP contribution in [0.5, 0.6) is 11.5 Å². The molecule has 0 unspecified atom stereocenters. The normalized spacial score (nSPS) is 15.0. The summed E-state index contributed by atoms with van der Waals surface area (Å²) in [5, 5.41) is 0.0448. The van der Waals surface area contributed by atoms with E-state index in [4.69, 9.17) is 20.5 Å². The van der Waals surface area contributed by atoms with Crippen LogP contribution in [0, 0.1) is 6.92 Å². The quantitative estimate of drug-likeness (QED) is 0.252. The minimum atomic E-state index is -4.13. The predicted molar refractivity (Wildman–Crippen MR) is 140 cm³/mol. The number of hydrogen-bond acceptors (Lipinski definition) is 7. The summed E-state index contributed by atoms with van der Waals surface area (Å²) in [6, 6.07) is 17.8. The highest BCUT2D eigenvalue weighted by Gasteiger charge is 2.35. The van der Waals surface area contributed by atoms with Gasteiger partial charge in [-0.2, -0.15) is 8.42 Å². The van der Waals surface area contributed by atoms with E-state index in [2.05, 4.69) is 0 Å². The summed E-state index contributed by atoms with van der Waals surface area (Å²) >= 11 is 6.69. The molecule has 186 valence electrons.